The van der Waals surface area contributed by atoms with Crippen LogP contribution in [0, 0.1) is 0 Å². The summed E-state index contributed by atoms with van der Waals surface area (Å²) in [7, 11) is 1.55. The molecule has 2 aromatic rings. The van der Waals surface area contributed by atoms with Crippen molar-refractivity contribution in [1.82, 2.24) is 14.5 Å². The fourth-order valence-corrected chi connectivity index (χ4v) is 2.88. The number of amides is 2. The van der Waals surface area contributed by atoms with Crippen LogP contribution in [-0.2, 0) is 11.2 Å². The fourth-order valence-electron chi connectivity index (χ4n) is 1.84. The fraction of sp³-hybridized carbons (Fsp3) is 0.286. The molecule has 122 valence electrons. The van der Waals surface area contributed by atoms with Crippen molar-refractivity contribution >= 4 is 52.2 Å². The third-order valence-electron chi connectivity index (χ3n) is 3.02. The molecule has 0 fully saturated rings. The van der Waals surface area contributed by atoms with Gasteiger partial charge in [-0.25, -0.2) is 0 Å². The molecule has 0 saturated heterocycles. The molecule has 23 heavy (non-hydrogen) atoms. The van der Waals surface area contributed by atoms with E-state index in [-0.39, 0.29) is 18.4 Å². The van der Waals surface area contributed by atoms with E-state index in [0.29, 0.717) is 32.7 Å². The third-order valence-corrected chi connectivity index (χ3v) is 4.51. The Morgan fingerprint density at radius 3 is 2.70 bits per heavy atom. The number of hydrogen-bond acceptors (Lipinski definition) is 5. The summed E-state index contributed by atoms with van der Waals surface area (Å²) in [4.78, 5) is 26.1. The number of carbonyl (C=O) groups is 2. The number of hydrogen-bond donors (Lipinski definition) is 1. The molecule has 0 aliphatic rings. The molecule has 1 aromatic heterocycles. The number of nitrogens with one attached hydrogen (secondary N) is 1. The molecule has 0 aliphatic heterocycles. The average molecular weight is 373 g/mol. The van der Waals surface area contributed by atoms with Crippen LogP contribution in [0.1, 0.15) is 22.3 Å². The quantitative estimate of drug-likeness (QED) is 0.874. The maximum Gasteiger partial charge on any atom is 0.267 e. The summed E-state index contributed by atoms with van der Waals surface area (Å²) >= 11 is 12.7. The van der Waals surface area contributed by atoms with Crippen molar-refractivity contribution in [2.45, 2.75) is 13.3 Å². The van der Waals surface area contributed by atoms with Gasteiger partial charge in [0.2, 0.25) is 5.91 Å². The highest BCUT2D eigenvalue weighted by Crippen LogP contribution is 2.25. The van der Waals surface area contributed by atoms with E-state index in [1.165, 1.54) is 4.90 Å². The standard InChI is InChI=1S/C14H14Cl2N4O2S/c1-3-11-13(23-19-18-11)14(22)20(2)7-12(21)17-8-4-5-9(15)10(16)6-8/h4-6H,3,7H2,1-2H3,(H,17,21). The molecular weight excluding hydrogens is 359 g/mol. The van der Waals surface area contributed by atoms with Crippen LogP contribution in [0.5, 0.6) is 0 Å². The van der Waals surface area contributed by atoms with Gasteiger partial charge in [0.1, 0.15) is 4.88 Å². The number of anilines is 1. The Labute approximate surface area is 147 Å². The topological polar surface area (TPSA) is 75.2 Å². The molecule has 0 aliphatic carbocycles. The summed E-state index contributed by atoms with van der Waals surface area (Å²) in [6.07, 6.45) is 0.612. The van der Waals surface area contributed by atoms with Gasteiger partial charge in [-0.05, 0) is 36.2 Å². The minimum absolute atomic E-state index is 0.0971. The van der Waals surface area contributed by atoms with E-state index in [4.69, 9.17) is 23.2 Å². The zero-order valence-corrected chi connectivity index (χ0v) is 14.8. The van der Waals surface area contributed by atoms with Crippen LogP contribution in [0.4, 0.5) is 5.69 Å². The first-order valence-electron chi connectivity index (χ1n) is 6.74. The van der Waals surface area contributed by atoms with Crippen molar-refractivity contribution in [3.05, 3.63) is 38.8 Å². The first kappa shape index (κ1) is 17.7. The van der Waals surface area contributed by atoms with E-state index in [0.717, 1.165) is 11.5 Å². The van der Waals surface area contributed by atoms with Gasteiger partial charge in [-0.15, -0.1) is 5.10 Å². The zero-order chi connectivity index (χ0) is 17.0. The Kier molecular flexibility index (Phi) is 5.92. The molecule has 9 heteroatoms. The number of carbonyl (C=O) groups excluding carboxylic acids is 2. The Bertz CT molecular complexity index is 735. The van der Waals surface area contributed by atoms with Gasteiger partial charge in [0.15, 0.2) is 0 Å². The van der Waals surface area contributed by atoms with E-state index in [2.05, 4.69) is 14.9 Å². The van der Waals surface area contributed by atoms with Gasteiger partial charge in [-0.2, -0.15) is 0 Å². The molecule has 0 bridgehead atoms. The molecule has 1 aromatic carbocycles. The second-order valence-corrected chi connectivity index (χ2v) is 6.31. The number of aryl methyl sites for hydroxylation is 1. The van der Waals surface area contributed by atoms with Crippen molar-refractivity contribution < 1.29 is 9.59 Å². The number of likely N-dealkylation sites (N-methyl/N-ethyl adjacent to an activating group) is 1. The lowest BCUT2D eigenvalue weighted by Crippen LogP contribution is -2.35. The maximum atomic E-state index is 12.3. The van der Waals surface area contributed by atoms with Crippen LogP contribution in [-0.4, -0.2) is 39.9 Å². The maximum absolute atomic E-state index is 12.3. The molecule has 0 saturated carbocycles. The molecule has 1 N–H and O–H groups in total. The van der Waals surface area contributed by atoms with Gasteiger partial charge in [-0.1, -0.05) is 34.6 Å². The Balaban J connectivity index is 1.99. The molecule has 0 radical (unpaired) electrons. The summed E-state index contributed by atoms with van der Waals surface area (Å²) in [6.45, 7) is 1.80. The highest BCUT2D eigenvalue weighted by molar-refractivity contribution is 7.08. The lowest BCUT2D eigenvalue weighted by atomic mass is 10.2. The molecule has 6 nitrogen and oxygen atoms in total. The third kappa shape index (κ3) is 4.40. The van der Waals surface area contributed by atoms with Gasteiger partial charge < -0.3 is 10.2 Å². The Hall–Kier alpha value is -1.70. The zero-order valence-electron chi connectivity index (χ0n) is 12.5. The summed E-state index contributed by atoms with van der Waals surface area (Å²) < 4.78 is 3.78. The van der Waals surface area contributed by atoms with Crippen molar-refractivity contribution in [3.8, 4) is 0 Å². The highest BCUT2D eigenvalue weighted by atomic mass is 35.5. The second-order valence-electron chi connectivity index (χ2n) is 4.74. The smallest absolute Gasteiger partial charge is 0.267 e. The lowest BCUT2D eigenvalue weighted by Gasteiger charge is -2.16. The van der Waals surface area contributed by atoms with Crippen LogP contribution < -0.4 is 5.32 Å². The van der Waals surface area contributed by atoms with Crippen molar-refractivity contribution in [2.75, 3.05) is 18.9 Å². The Morgan fingerprint density at radius 1 is 1.30 bits per heavy atom. The molecule has 2 amide bonds. The van der Waals surface area contributed by atoms with E-state index < -0.39 is 0 Å². The first-order valence-corrected chi connectivity index (χ1v) is 8.27. The van der Waals surface area contributed by atoms with Gasteiger partial charge in [-0.3, -0.25) is 9.59 Å². The minimum atomic E-state index is -0.338. The Morgan fingerprint density at radius 2 is 2.04 bits per heavy atom. The van der Waals surface area contributed by atoms with E-state index in [1.54, 1.807) is 25.2 Å². The summed E-state index contributed by atoms with van der Waals surface area (Å²) in [5, 5.41) is 7.31. The SMILES string of the molecule is CCc1nnsc1C(=O)N(C)CC(=O)Nc1ccc(Cl)c(Cl)c1. The van der Waals surface area contributed by atoms with Crippen LogP contribution >= 0.6 is 34.7 Å². The van der Waals surface area contributed by atoms with Crippen LogP contribution in [0.25, 0.3) is 0 Å². The van der Waals surface area contributed by atoms with Gasteiger partial charge in [0, 0.05) is 12.7 Å². The van der Waals surface area contributed by atoms with E-state index in [9.17, 15) is 9.59 Å². The largest absolute Gasteiger partial charge is 0.332 e. The summed E-state index contributed by atoms with van der Waals surface area (Å²) in [5.74, 6) is -0.615. The highest BCUT2D eigenvalue weighted by Gasteiger charge is 2.20. The molecule has 0 atom stereocenters. The first-order chi connectivity index (χ1) is 10.9. The lowest BCUT2D eigenvalue weighted by molar-refractivity contribution is -0.116. The molecular formula is C14H14Cl2N4O2S. The monoisotopic (exact) mass is 372 g/mol. The van der Waals surface area contributed by atoms with Crippen molar-refractivity contribution in [3.63, 3.8) is 0 Å². The van der Waals surface area contributed by atoms with Gasteiger partial charge in [0.25, 0.3) is 5.91 Å². The molecule has 2 rings (SSSR count). The van der Waals surface area contributed by atoms with Crippen LogP contribution in [0.15, 0.2) is 18.2 Å². The number of benzene rings is 1. The van der Waals surface area contributed by atoms with E-state index in [1.807, 2.05) is 6.92 Å². The minimum Gasteiger partial charge on any atom is -0.332 e. The number of rotatable bonds is 5. The van der Waals surface area contributed by atoms with Crippen LogP contribution in [0.2, 0.25) is 10.0 Å². The molecule has 1 heterocycles. The summed E-state index contributed by atoms with van der Waals surface area (Å²) in [6, 6.07) is 4.77. The van der Waals surface area contributed by atoms with E-state index >= 15 is 0 Å². The number of nitrogens with zero attached hydrogens (tertiary/aromatic N) is 3. The normalized spacial score (nSPS) is 10.4. The predicted octanol–water partition coefficient (Wildman–Crippen LogP) is 3.12. The molecule has 0 spiro atoms. The number of aromatic nitrogens is 2. The summed E-state index contributed by atoms with van der Waals surface area (Å²) in [5.41, 5.74) is 1.15. The van der Waals surface area contributed by atoms with Gasteiger partial charge in [0.05, 0.1) is 22.3 Å². The molecule has 0 unspecified atom stereocenters. The second kappa shape index (κ2) is 7.72. The predicted molar refractivity (Wildman–Crippen MR) is 91.3 cm³/mol. The number of halogens is 2. The average Bonchev–Trinajstić information content (AvgIpc) is 2.98. The van der Waals surface area contributed by atoms with Crippen LogP contribution in [0.3, 0.4) is 0 Å². The van der Waals surface area contributed by atoms with Crippen molar-refractivity contribution in [1.29, 1.82) is 0 Å². The van der Waals surface area contributed by atoms with Gasteiger partial charge >= 0.3 is 0 Å². The van der Waals surface area contributed by atoms with Crippen molar-refractivity contribution in [2.24, 2.45) is 0 Å².